The van der Waals surface area contributed by atoms with Crippen LogP contribution in [0.25, 0.3) is 22.5 Å². The SMILES string of the molecule is CCN(c1cccc(C#N)c1)c1c(-c2ccn(C)n2)[nH]c(=O)c(Sc2ccc(-c3ccnc(F)c3C)cc2)c1O. The number of benzene rings is 2. The number of anilines is 2. The predicted molar refractivity (Wildman–Crippen MR) is 153 cm³/mol. The first-order chi connectivity index (χ1) is 19.3. The van der Waals surface area contributed by atoms with Gasteiger partial charge in [0.25, 0.3) is 5.56 Å². The van der Waals surface area contributed by atoms with Gasteiger partial charge in [0.15, 0.2) is 5.75 Å². The van der Waals surface area contributed by atoms with Gasteiger partial charge in [0.2, 0.25) is 5.95 Å². The lowest BCUT2D eigenvalue weighted by molar-refractivity contribution is 0.460. The van der Waals surface area contributed by atoms with Crippen molar-refractivity contribution in [3.8, 4) is 34.3 Å². The Hall–Kier alpha value is -4.88. The van der Waals surface area contributed by atoms with Gasteiger partial charge in [-0.3, -0.25) is 9.48 Å². The van der Waals surface area contributed by atoms with Crippen molar-refractivity contribution in [1.29, 1.82) is 5.26 Å². The van der Waals surface area contributed by atoms with Crippen LogP contribution < -0.4 is 10.5 Å². The first-order valence-electron chi connectivity index (χ1n) is 12.5. The molecule has 0 radical (unpaired) electrons. The number of aromatic amines is 1. The highest BCUT2D eigenvalue weighted by Crippen LogP contribution is 2.45. The van der Waals surface area contributed by atoms with Gasteiger partial charge in [-0.15, -0.1) is 0 Å². The number of aryl methyl sites for hydroxylation is 1. The van der Waals surface area contributed by atoms with Crippen LogP contribution in [0.3, 0.4) is 0 Å². The van der Waals surface area contributed by atoms with Crippen LogP contribution in [-0.4, -0.2) is 31.4 Å². The van der Waals surface area contributed by atoms with Crippen molar-refractivity contribution in [3.05, 3.63) is 100 Å². The van der Waals surface area contributed by atoms with Gasteiger partial charge in [-0.1, -0.05) is 30.0 Å². The molecule has 200 valence electrons. The quantitative estimate of drug-likeness (QED) is 0.232. The molecule has 3 aromatic heterocycles. The molecule has 8 nitrogen and oxygen atoms in total. The summed E-state index contributed by atoms with van der Waals surface area (Å²) in [6.07, 6.45) is 3.18. The van der Waals surface area contributed by atoms with Gasteiger partial charge >= 0.3 is 0 Å². The average molecular weight is 553 g/mol. The zero-order valence-corrected chi connectivity index (χ0v) is 22.8. The molecule has 0 spiro atoms. The molecule has 0 aliphatic rings. The van der Waals surface area contributed by atoms with Crippen LogP contribution in [0, 0.1) is 24.2 Å². The molecular weight excluding hydrogens is 527 g/mol. The highest BCUT2D eigenvalue weighted by atomic mass is 32.2. The van der Waals surface area contributed by atoms with Gasteiger partial charge < -0.3 is 15.0 Å². The van der Waals surface area contributed by atoms with Crippen molar-refractivity contribution in [3.63, 3.8) is 0 Å². The maximum absolute atomic E-state index is 14.0. The van der Waals surface area contributed by atoms with E-state index in [1.807, 2.05) is 42.2 Å². The summed E-state index contributed by atoms with van der Waals surface area (Å²) in [5, 5.41) is 25.5. The van der Waals surface area contributed by atoms with E-state index in [-0.39, 0.29) is 10.6 Å². The molecule has 0 unspecified atom stereocenters. The number of hydrogen-bond donors (Lipinski definition) is 2. The lowest BCUT2D eigenvalue weighted by Crippen LogP contribution is -2.21. The second-order valence-electron chi connectivity index (χ2n) is 9.04. The summed E-state index contributed by atoms with van der Waals surface area (Å²) in [7, 11) is 1.77. The van der Waals surface area contributed by atoms with E-state index in [0.29, 0.717) is 45.3 Å². The number of aromatic hydroxyl groups is 1. The summed E-state index contributed by atoms with van der Waals surface area (Å²) < 4.78 is 15.6. The van der Waals surface area contributed by atoms with Crippen molar-refractivity contribution >= 4 is 23.1 Å². The van der Waals surface area contributed by atoms with E-state index in [0.717, 1.165) is 22.9 Å². The number of nitrogens with zero attached hydrogens (tertiary/aromatic N) is 5. The molecule has 0 atom stereocenters. The fourth-order valence-electron chi connectivity index (χ4n) is 4.51. The average Bonchev–Trinajstić information content (AvgIpc) is 3.40. The van der Waals surface area contributed by atoms with E-state index in [4.69, 9.17) is 0 Å². The molecule has 40 heavy (non-hydrogen) atoms. The van der Waals surface area contributed by atoms with Crippen LogP contribution >= 0.6 is 11.8 Å². The number of halogens is 1. The molecular formula is C30H25FN6O2S. The van der Waals surface area contributed by atoms with Gasteiger partial charge in [-0.2, -0.15) is 14.8 Å². The van der Waals surface area contributed by atoms with Crippen LogP contribution in [0.4, 0.5) is 15.8 Å². The lowest BCUT2D eigenvalue weighted by atomic mass is 10.0. The van der Waals surface area contributed by atoms with E-state index >= 15 is 0 Å². The predicted octanol–water partition coefficient (Wildman–Crippen LogP) is 6.17. The Morgan fingerprint density at radius 3 is 2.62 bits per heavy atom. The highest BCUT2D eigenvalue weighted by Gasteiger charge is 2.25. The Bertz CT molecular complexity index is 1810. The molecule has 5 aromatic rings. The lowest BCUT2D eigenvalue weighted by Gasteiger charge is -2.27. The summed E-state index contributed by atoms with van der Waals surface area (Å²) in [6.45, 7) is 4.03. The van der Waals surface area contributed by atoms with Crippen LogP contribution in [0.15, 0.2) is 87.6 Å². The van der Waals surface area contributed by atoms with Gasteiger partial charge in [0, 0.05) is 42.1 Å². The van der Waals surface area contributed by atoms with E-state index in [9.17, 15) is 19.6 Å². The maximum Gasteiger partial charge on any atom is 0.266 e. The molecule has 3 heterocycles. The minimum absolute atomic E-state index is 0.114. The Morgan fingerprint density at radius 1 is 1.18 bits per heavy atom. The molecule has 5 rings (SSSR count). The standard InChI is InChI=1S/C30H25FN6O2S/c1-4-37(21-7-5-6-19(16-21)17-32)26-25(24-13-15-36(3)35-24)34-30(39)28(27(26)38)40-22-10-8-20(9-11-22)23-12-14-33-29(31)18(23)2/h5-16H,4H2,1-3H3,(H2,34,38,39). The number of H-pyrrole nitrogens is 1. The molecule has 0 fully saturated rings. The van der Waals surface area contributed by atoms with Crippen molar-refractivity contribution in [1.82, 2.24) is 19.7 Å². The Balaban J connectivity index is 1.61. The summed E-state index contributed by atoms with van der Waals surface area (Å²) in [4.78, 5) is 22.6. The third kappa shape index (κ3) is 5.07. The van der Waals surface area contributed by atoms with Crippen molar-refractivity contribution in [2.75, 3.05) is 11.4 Å². The van der Waals surface area contributed by atoms with E-state index in [1.54, 1.807) is 55.2 Å². The molecule has 0 aliphatic heterocycles. The number of nitrogens with one attached hydrogen (secondary N) is 1. The summed E-state index contributed by atoms with van der Waals surface area (Å²) in [6, 6.07) is 20.0. The fourth-order valence-corrected chi connectivity index (χ4v) is 5.36. The Kier molecular flexibility index (Phi) is 7.40. The highest BCUT2D eigenvalue weighted by molar-refractivity contribution is 7.99. The second kappa shape index (κ2) is 11.1. The molecule has 0 amide bonds. The molecule has 0 aliphatic carbocycles. The molecule has 10 heteroatoms. The maximum atomic E-state index is 14.0. The molecule has 0 bridgehead atoms. The zero-order chi connectivity index (χ0) is 28.4. The largest absolute Gasteiger partial charge is 0.504 e. The normalized spacial score (nSPS) is 10.9. The number of hydrogen-bond acceptors (Lipinski definition) is 7. The third-order valence-electron chi connectivity index (χ3n) is 6.49. The van der Waals surface area contributed by atoms with Gasteiger partial charge in [0.05, 0.1) is 17.3 Å². The summed E-state index contributed by atoms with van der Waals surface area (Å²) in [5.41, 5.74) is 3.89. The van der Waals surface area contributed by atoms with Crippen LogP contribution in [0.5, 0.6) is 5.75 Å². The molecule has 0 saturated carbocycles. The van der Waals surface area contributed by atoms with Crippen LogP contribution in [-0.2, 0) is 7.05 Å². The number of pyridine rings is 2. The number of aromatic nitrogens is 4. The van der Waals surface area contributed by atoms with Crippen molar-refractivity contribution < 1.29 is 9.50 Å². The first kappa shape index (κ1) is 26.7. The van der Waals surface area contributed by atoms with E-state index in [1.165, 1.54) is 6.20 Å². The molecule has 0 saturated heterocycles. The van der Waals surface area contributed by atoms with Crippen LogP contribution in [0.1, 0.15) is 18.1 Å². The van der Waals surface area contributed by atoms with Gasteiger partial charge in [-0.05, 0) is 67.4 Å². The smallest absolute Gasteiger partial charge is 0.266 e. The Morgan fingerprint density at radius 2 is 1.95 bits per heavy atom. The summed E-state index contributed by atoms with van der Waals surface area (Å²) >= 11 is 1.12. The monoisotopic (exact) mass is 552 g/mol. The Labute approximate surface area is 234 Å². The molecule has 2 aromatic carbocycles. The first-order valence-corrected chi connectivity index (χ1v) is 13.3. The fraction of sp³-hybridized carbons (Fsp3) is 0.133. The number of rotatable bonds is 7. The minimum Gasteiger partial charge on any atom is -0.504 e. The topological polar surface area (TPSA) is 111 Å². The van der Waals surface area contributed by atoms with Gasteiger partial charge in [-0.25, -0.2) is 4.98 Å². The van der Waals surface area contributed by atoms with Gasteiger partial charge in [0.1, 0.15) is 16.3 Å². The van der Waals surface area contributed by atoms with Crippen LogP contribution in [0.2, 0.25) is 0 Å². The van der Waals surface area contributed by atoms with E-state index in [2.05, 4.69) is 21.1 Å². The van der Waals surface area contributed by atoms with E-state index < -0.39 is 11.5 Å². The van der Waals surface area contributed by atoms with Crippen molar-refractivity contribution in [2.24, 2.45) is 7.05 Å². The minimum atomic E-state index is -0.520. The molecule has 2 N–H and O–H groups in total. The zero-order valence-electron chi connectivity index (χ0n) is 22.0. The number of nitriles is 1. The summed E-state index contributed by atoms with van der Waals surface area (Å²) in [5.74, 6) is -0.719. The second-order valence-corrected chi connectivity index (χ2v) is 10.1. The third-order valence-corrected chi connectivity index (χ3v) is 7.58. The van der Waals surface area contributed by atoms with Crippen molar-refractivity contribution in [2.45, 2.75) is 23.6 Å².